The normalized spacial score (nSPS) is 11.6. The van der Waals surface area contributed by atoms with Crippen molar-refractivity contribution in [1.29, 1.82) is 0 Å². The zero-order valence-corrected chi connectivity index (χ0v) is 14.0. The molecule has 0 saturated carbocycles. The second-order valence-corrected chi connectivity index (χ2v) is 5.37. The Morgan fingerprint density at radius 1 is 1.04 bits per heavy atom. The predicted octanol–water partition coefficient (Wildman–Crippen LogP) is 2.66. The summed E-state index contributed by atoms with van der Waals surface area (Å²) in [7, 11) is 1.63. The number of aliphatic carboxylic acids is 1. The van der Waals surface area contributed by atoms with Crippen molar-refractivity contribution in [3.8, 4) is 5.75 Å². The summed E-state index contributed by atoms with van der Waals surface area (Å²) in [4.78, 5) is 23.8. The lowest BCUT2D eigenvalue weighted by molar-refractivity contribution is -0.139. The summed E-state index contributed by atoms with van der Waals surface area (Å²) in [5.74, 6) is -0.926. The van der Waals surface area contributed by atoms with Crippen LogP contribution >= 0.6 is 0 Å². The zero-order chi connectivity index (χ0) is 18.1. The minimum atomic E-state index is -1.11. The third kappa shape index (κ3) is 5.61. The summed E-state index contributed by atoms with van der Waals surface area (Å²) < 4.78 is 10.5. The topological polar surface area (TPSA) is 84.9 Å². The molecule has 0 aliphatic carbocycles. The summed E-state index contributed by atoms with van der Waals surface area (Å²) in [5.41, 5.74) is 0.882. The Morgan fingerprint density at radius 3 is 2.32 bits per heavy atom. The van der Waals surface area contributed by atoms with Crippen molar-refractivity contribution in [1.82, 2.24) is 5.32 Å². The first-order chi connectivity index (χ1) is 12.1. The fraction of sp³-hybridized carbons (Fsp3) is 0.263. The van der Waals surface area contributed by atoms with E-state index in [2.05, 4.69) is 5.32 Å². The van der Waals surface area contributed by atoms with Gasteiger partial charge in [-0.1, -0.05) is 30.3 Å². The smallest absolute Gasteiger partial charge is 0.330 e. The average Bonchev–Trinajstić information content (AvgIpc) is 2.64. The summed E-state index contributed by atoms with van der Waals surface area (Å²) in [6.45, 7) is 1.14. The van der Waals surface area contributed by atoms with Crippen LogP contribution in [-0.4, -0.2) is 37.3 Å². The molecule has 2 N–H and O–H groups in total. The number of ether oxygens (including phenoxy) is 2. The van der Waals surface area contributed by atoms with Crippen LogP contribution in [0.1, 0.15) is 28.4 Å². The zero-order valence-electron chi connectivity index (χ0n) is 14.0. The Labute approximate surface area is 146 Å². The predicted molar refractivity (Wildman–Crippen MR) is 92.7 cm³/mol. The molecular weight excluding hydrogens is 322 g/mol. The number of nitrogens with one attached hydrogen (secondary N) is 1. The van der Waals surface area contributed by atoms with Gasteiger partial charge in [0.15, 0.2) is 6.04 Å². The number of methoxy groups -OCH3 is 1. The van der Waals surface area contributed by atoms with Crippen molar-refractivity contribution in [2.75, 3.05) is 20.3 Å². The van der Waals surface area contributed by atoms with Gasteiger partial charge in [-0.3, -0.25) is 4.79 Å². The SMILES string of the molecule is COCCCOc1ccc(C(=O)N[C@@H](C(=O)O)c2ccccc2)cc1. The number of carboxylic acids is 1. The molecule has 6 nitrogen and oxygen atoms in total. The van der Waals surface area contributed by atoms with Crippen molar-refractivity contribution in [2.24, 2.45) is 0 Å². The number of hydrogen-bond donors (Lipinski definition) is 2. The lowest BCUT2D eigenvalue weighted by atomic mass is 10.1. The quantitative estimate of drug-likeness (QED) is 0.684. The van der Waals surface area contributed by atoms with E-state index in [-0.39, 0.29) is 0 Å². The highest BCUT2D eigenvalue weighted by atomic mass is 16.5. The van der Waals surface area contributed by atoms with Crippen molar-refractivity contribution in [2.45, 2.75) is 12.5 Å². The summed E-state index contributed by atoms with van der Waals surface area (Å²) in [6, 6.07) is 14.0. The second-order valence-electron chi connectivity index (χ2n) is 5.37. The summed E-state index contributed by atoms with van der Waals surface area (Å²) >= 11 is 0. The van der Waals surface area contributed by atoms with Gasteiger partial charge in [0, 0.05) is 25.7 Å². The van der Waals surface area contributed by atoms with Crippen molar-refractivity contribution < 1.29 is 24.2 Å². The molecule has 2 rings (SSSR count). The van der Waals surface area contributed by atoms with Gasteiger partial charge in [0.2, 0.25) is 0 Å². The molecule has 2 aromatic rings. The molecule has 0 aliphatic rings. The molecule has 0 radical (unpaired) electrons. The maximum Gasteiger partial charge on any atom is 0.330 e. The van der Waals surface area contributed by atoms with Crippen LogP contribution in [0.15, 0.2) is 54.6 Å². The van der Waals surface area contributed by atoms with E-state index < -0.39 is 17.9 Å². The van der Waals surface area contributed by atoms with Gasteiger partial charge in [-0.15, -0.1) is 0 Å². The van der Waals surface area contributed by atoms with E-state index in [0.717, 1.165) is 6.42 Å². The minimum Gasteiger partial charge on any atom is -0.494 e. The van der Waals surface area contributed by atoms with E-state index in [4.69, 9.17) is 9.47 Å². The van der Waals surface area contributed by atoms with Gasteiger partial charge in [0.1, 0.15) is 5.75 Å². The van der Waals surface area contributed by atoms with E-state index in [1.54, 1.807) is 61.7 Å². The van der Waals surface area contributed by atoms with Crippen molar-refractivity contribution in [3.05, 3.63) is 65.7 Å². The Hall–Kier alpha value is -2.86. The Morgan fingerprint density at radius 2 is 1.72 bits per heavy atom. The standard InChI is InChI=1S/C19H21NO5/c1-24-12-5-13-25-16-10-8-15(9-11-16)18(21)20-17(19(22)23)14-6-3-2-4-7-14/h2-4,6-11,17H,5,12-13H2,1H3,(H,20,21)(H,22,23)/t17-/m1/s1. The van der Waals surface area contributed by atoms with Gasteiger partial charge in [0.25, 0.3) is 5.91 Å². The lowest BCUT2D eigenvalue weighted by Crippen LogP contribution is -2.33. The number of carboxylic acid groups (broad SMARTS) is 1. The fourth-order valence-corrected chi connectivity index (χ4v) is 2.24. The van der Waals surface area contributed by atoms with Crippen LogP contribution in [-0.2, 0) is 9.53 Å². The highest BCUT2D eigenvalue weighted by Crippen LogP contribution is 2.16. The van der Waals surface area contributed by atoms with Crippen LogP contribution in [0, 0.1) is 0 Å². The molecule has 2 aromatic carbocycles. The second kappa shape index (κ2) is 9.44. The van der Waals surface area contributed by atoms with Gasteiger partial charge in [-0.05, 0) is 29.8 Å². The Balaban J connectivity index is 1.98. The maximum absolute atomic E-state index is 12.3. The lowest BCUT2D eigenvalue weighted by Gasteiger charge is -2.15. The molecule has 0 heterocycles. The molecule has 0 spiro atoms. The molecule has 0 aromatic heterocycles. The monoisotopic (exact) mass is 343 g/mol. The van der Waals surface area contributed by atoms with E-state index in [0.29, 0.717) is 30.1 Å². The third-order valence-electron chi connectivity index (χ3n) is 3.53. The van der Waals surface area contributed by atoms with Gasteiger partial charge in [-0.25, -0.2) is 4.79 Å². The molecule has 6 heteroatoms. The summed E-state index contributed by atoms with van der Waals surface area (Å²) in [6.07, 6.45) is 0.774. The fourth-order valence-electron chi connectivity index (χ4n) is 2.24. The van der Waals surface area contributed by atoms with Crippen LogP contribution < -0.4 is 10.1 Å². The Bertz CT molecular complexity index is 685. The molecule has 1 amide bonds. The van der Waals surface area contributed by atoms with Gasteiger partial charge in [0.05, 0.1) is 6.61 Å². The molecular formula is C19H21NO5. The number of benzene rings is 2. The maximum atomic E-state index is 12.3. The van der Waals surface area contributed by atoms with Crippen molar-refractivity contribution >= 4 is 11.9 Å². The van der Waals surface area contributed by atoms with Crippen molar-refractivity contribution in [3.63, 3.8) is 0 Å². The van der Waals surface area contributed by atoms with Crippen LogP contribution in [0.2, 0.25) is 0 Å². The number of rotatable bonds is 9. The number of hydrogen-bond acceptors (Lipinski definition) is 4. The largest absolute Gasteiger partial charge is 0.494 e. The van der Waals surface area contributed by atoms with Crippen LogP contribution in [0.5, 0.6) is 5.75 Å². The first-order valence-corrected chi connectivity index (χ1v) is 7.92. The van der Waals surface area contributed by atoms with Crippen LogP contribution in [0.4, 0.5) is 0 Å². The minimum absolute atomic E-state index is 0.367. The molecule has 132 valence electrons. The van der Waals surface area contributed by atoms with E-state index in [1.807, 2.05) is 0 Å². The first-order valence-electron chi connectivity index (χ1n) is 7.92. The summed E-state index contributed by atoms with van der Waals surface area (Å²) in [5, 5.41) is 11.9. The number of carbonyl (C=O) groups is 2. The van der Waals surface area contributed by atoms with Gasteiger partial charge < -0.3 is 19.9 Å². The first kappa shape index (κ1) is 18.5. The van der Waals surface area contributed by atoms with Gasteiger partial charge in [-0.2, -0.15) is 0 Å². The molecule has 25 heavy (non-hydrogen) atoms. The molecule has 0 saturated heterocycles. The molecule has 0 aliphatic heterocycles. The Kier molecular flexibility index (Phi) is 6.98. The number of amides is 1. The van der Waals surface area contributed by atoms with Crippen LogP contribution in [0.3, 0.4) is 0 Å². The van der Waals surface area contributed by atoms with Crippen LogP contribution in [0.25, 0.3) is 0 Å². The van der Waals surface area contributed by atoms with E-state index >= 15 is 0 Å². The van der Waals surface area contributed by atoms with E-state index in [9.17, 15) is 14.7 Å². The van der Waals surface area contributed by atoms with Gasteiger partial charge >= 0.3 is 5.97 Å². The molecule has 0 bridgehead atoms. The molecule has 0 fully saturated rings. The molecule has 0 unspecified atom stereocenters. The highest BCUT2D eigenvalue weighted by Gasteiger charge is 2.22. The van der Waals surface area contributed by atoms with E-state index in [1.165, 1.54) is 0 Å². The molecule has 1 atom stereocenters. The third-order valence-corrected chi connectivity index (χ3v) is 3.53. The highest BCUT2D eigenvalue weighted by molar-refractivity contribution is 5.96. The number of carbonyl (C=O) groups excluding carboxylic acids is 1. The average molecular weight is 343 g/mol.